The average Bonchev–Trinajstić information content (AvgIpc) is 2.48. The Labute approximate surface area is 76.6 Å². The third-order valence-corrected chi connectivity index (χ3v) is 2.13. The molecule has 0 aromatic carbocycles. The van der Waals surface area contributed by atoms with Gasteiger partial charge in [0.25, 0.3) is 0 Å². The number of aldehydes is 1. The Morgan fingerprint density at radius 1 is 1.46 bits per heavy atom. The van der Waals surface area contributed by atoms with Gasteiger partial charge in [-0.2, -0.15) is 0 Å². The first-order chi connectivity index (χ1) is 6.24. The fourth-order valence-corrected chi connectivity index (χ4v) is 1.47. The lowest BCUT2D eigenvalue weighted by molar-refractivity contribution is -0.118. The van der Waals surface area contributed by atoms with E-state index >= 15 is 0 Å². The van der Waals surface area contributed by atoms with Crippen molar-refractivity contribution in [3.05, 3.63) is 12.2 Å². The minimum atomic E-state index is -0.436. The molecule has 1 amide bonds. The summed E-state index contributed by atoms with van der Waals surface area (Å²) in [5.41, 5.74) is 0. The quantitative estimate of drug-likeness (QED) is 0.469. The summed E-state index contributed by atoms with van der Waals surface area (Å²) in [5, 5.41) is 12.0. The van der Waals surface area contributed by atoms with E-state index in [-0.39, 0.29) is 11.9 Å². The lowest BCUT2D eigenvalue weighted by atomic mass is 10.2. The maximum atomic E-state index is 11.0. The van der Waals surface area contributed by atoms with E-state index in [9.17, 15) is 14.7 Å². The highest BCUT2D eigenvalue weighted by molar-refractivity contribution is 5.91. The third-order valence-electron chi connectivity index (χ3n) is 2.13. The molecule has 4 heteroatoms. The number of hydrogen-bond donors (Lipinski definition) is 2. The molecule has 1 aliphatic carbocycles. The molecule has 0 aromatic rings. The monoisotopic (exact) mass is 183 g/mol. The number of nitrogens with one attached hydrogen (secondary N) is 1. The number of rotatable bonds is 3. The first kappa shape index (κ1) is 9.92. The highest BCUT2D eigenvalue weighted by Crippen LogP contribution is 2.18. The van der Waals surface area contributed by atoms with E-state index in [0.717, 1.165) is 31.4 Å². The van der Waals surface area contributed by atoms with Gasteiger partial charge in [0.05, 0.1) is 12.1 Å². The molecule has 1 aliphatic rings. The summed E-state index contributed by atoms with van der Waals surface area (Å²) in [6.45, 7) is 0. The number of carbonyl (C=O) groups excluding carboxylic acids is 2. The summed E-state index contributed by atoms with van der Waals surface area (Å²) in [6.07, 6.45) is 4.89. The van der Waals surface area contributed by atoms with Crippen LogP contribution in [0.2, 0.25) is 0 Å². The van der Waals surface area contributed by atoms with Crippen molar-refractivity contribution in [3.8, 4) is 0 Å². The second-order valence-corrected chi connectivity index (χ2v) is 3.11. The Hall–Kier alpha value is -1.16. The van der Waals surface area contributed by atoms with Gasteiger partial charge in [-0.3, -0.25) is 9.59 Å². The predicted molar refractivity (Wildman–Crippen MR) is 47.0 cm³/mol. The van der Waals surface area contributed by atoms with Crippen LogP contribution in [-0.2, 0) is 9.59 Å². The zero-order valence-corrected chi connectivity index (χ0v) is 7.27. The van der Waals surface area contributed by atoms with Gasteiger partial charge in [-0.1, -0.05) is 0 Å². The number of carbonyl (C=O) groups is 2. The number of hydrogen-bond acceptors (Lipinski definition) is 3. The lowest BCUT2D eigenvalue weighted by Crippen LogP contribution is -2.38. The zero-order valence-electron chi connectivity index (χ0n) is 7.27. The van der Waals surface area contributed by atoms with Crippen molar-refractivity contribution in [1.82, 2.24) is 5.32 Å². The minimum absolute atomic E-state index is 0.149. The van der Waals surface area contributed by atoms with Crippen LogP contribution in [0.15, 0.2) is 12.2 Å². The van der Waals surface area contributed by atoms with Crippen molar-refractivity contribution in [2.75, 3.05) is 0 Å². The summed E-state index contributed by atoms with van der Waals surface area (Å²) in [6, 6.07) is -0.149. The molecule has 0 spiro atoms. The van der Waals surface area contributed by atoms with Crippen LogP contribution in [0.1, 0.15) is 19.3 Å². The van der Waals surface area contributed by atoms with Crippen LogP contribution in [0.25, 0.3) is 0 Å². The lowest BCUT2D eigenvalue weighted by Gasteiger charge is -2.14. The molecule has 0 saturated heterocycles. The van der Waals surface area contributed by atoms with Gasteiger partial charge in [0.2, 0.25) is 5.91 Å². The molecule has 0 aromatic heterocycles. The molecule has 72 valence electrons. The molecule has 1 fully saturated rings. The van der Waals surface area contributed by atoms with Crippen LogP contribution >= 0.6 is 0 Å². The summed E-state index contributed by atoms with van der Waals surface area (Å²) in [5.74, 6) is -0.321. The Balaban J connectivity index is 2.35. The van der Waals surface area contributed by atoms with Crippen molar-refractivity contribution in [2.45, 2.75) is 31.4 Å². The highest BCUT2D eigenvalue weighted by Gasteiger charge is 2.25. The van der Waals surface area contributed by atoms with E-state index in [1.165, 1.54) is 0 Å². The van der Waals surface area contributed by atoms with Gasteiger partial charge in [-0.15, -0.1) is 0 Å². The standard InChI is InChI=1S/C9H13NO3/c11-6-2-5-9(13)10-7-3-1-4-8(7)12/h2,5-8,12H,1,3-4H2,(H,10,13). The van der Waals surface area contributed by atoms with Gasteiger partial charge in [-0.25, -0.2) is 0 Å². The van der Waals surface area contributed by atoms with Crippen molar-refractivity contribution in [2.24, 2.45) is 0 Å². The smallest absolute Gasteiger partial charge is 0.244 e. The second kappa shape index (κ2) is 4.77. The predicted octanol–water partition coefficient (Wildman–Crippen LogP) is -0.229. The van der Waals surface area contributed by atoms with Crippen LogP contribution in [0.3, 0.4) is 0 Å². The van der Waals surface area contributed by atoms with Crippen molar-refractivity contribution in [1.29, 1.82) is 0 Å². The molecule has 13 heavy (non-hydrogen) atoms. The van der Waals surface area contributed by atoms with Gasteiger partial charge in [0, 0.05) is 6.08 Å². The van der Waals surface area contributed by atoms with Gasteiger partial charge in [-0.05, 0) is 25.3 Å². The molecule has 4 nitrogen and oxygen atoms in total. The average molecular weight is 183 g/mol. The molecule has 1 saturated carbocycles. The third kappa shape index (κ3) is 2.99. The Morgan fingerprint density at radius 2 is 2.23 bits per heavy atom. The molecular formula is C9H13NO3. The van der Waals surface area contributed by atoms with Crippen LogP contribution < -0.4 is 5.32 Å². The van der Waals surface area contributed by atoms with Gasteiger partial charge in [0.15, 0.2) is 0 Å². The van der Waals surface area contributed by atoms with E-state index in [4.69, 9.17) is 0 Å². The number of aliphatic hydroxyl groups is 1. The second-order valence-electron chi connectivity index (χ2n) is 3.11. The normalized spacial score (nSPS) is 27.8. The zero-order chi connectivity index (χ0) is 9.68. The van der Waals surface area contributed by atoms with E-state index in [1.807, 2.05) is 0 Å². The molecule has 0 aliphatic heterocycles. The van der Waals surface area contributed by atoms with E-state index in [0.29, 0.717) is 6.29 Å². The number of allylic oxidation sites excluding steroid dienone is 1. The van der Waals surface area contributed by atoms with Crippen LogP contribution in [0, 0.1) is 0 Å². The molecule has 2 N–H and O–H groups in total. The summed E-state index contributed by atoms with van der Waals surface area (Å²) >= 11 is 0. The molecule has 2 unspecified atom stereocenters. The van der Waals surface area contributed by atoms with Gasteiger partial charge < -0.3 is 10.4 Å². The van der Waals surface area contributed by atoms with Crippen molar-refractivity contribution < 1.29 is 14.7 Å². The summed E-state index contributed by atoms with van der Waals surface area (Å²) in [4.78, 5) is 20.9. The SMILES string of the molecule is O=CC=CC(=O)NC1CCCC1O. The maximum absolute atomic E-state index is 11.0. The molecule has 0 bridgehead atoms. The van der Waals surface area contributed by atoms with Gasteiger partial charge in [0.1, 0.15) is 6.29 Å². The Bertz CT molecular complexity index is 225. The summed E-state index contributed by atoms with van der Waals surface area (Å²) < 4.78 is 0. The molecule has 1 rings (SSSR count). The van der Waals surface area contributed by atoms with Crippen LogP contribution in [0.4, 0.5) is 0 Å². The van der Waals surface area contributed by atoms with E-state index in [1.54, 1.807) is 0 Å². The Morgan fingerprint density at radius 3 is 2.77 bits per heavy atom. The molecule has 2 atom stereocenters. The van der Waals surface area contributed by atoms with Crippen molar-refractivity contribution >= 4 is 12.2 Å². The first-order valence-corrected chi connectivity index (χ1v) is 4.34. The highest BCUT2D eigenvalue weighted by atomic mass is 16.3. The number of aliphatic hydroxyl groups excluding tert-OH is 1. The largest absolute Gasteiger partial charge is 0.391 e. The van der Waals surface area contributed by atoms with Crippen LogP contribution in [0.5, 0.6) is 0 Å². The molecular weight excluding hydrogens is 170 g/mol. The first-order valence-electron chi connectivity index (χ1n) is 4.34. The summed E-state index contributed by atoms with van der Waals surface area (Å²) in [7, 11) is 0. The van der Waals surface area contributed by atoms with Crippen LogP contribution in [-0.4, -0.2) is 29.4 Å². The number of amides is 1. The molecule has 0 heterocycles. The van der Waals surface area contributed by atoms with Gasteiger partial charge >= 0.3 is 0 Å². The van der Waals surface area contributed by atoms with Crippen molar-refractivity contribution in [3.63, 3.8) is 0 Å². The van der Waals surface area contributed by atoms with E-state index in [2.05, 4.69) is 5.32 Å². The minimum Gasteiger partial charge on any atom is -0.391 e. The maximum Gasteiger partial charge on any atom is 0.244 e. The molecule has 0 radical (unpaired) electrons. The fourth-order valence-electron chi connectivity index (χ4n) is 1.47. The van der Waals surface area contributed by atoms with E-state index < -0.39 is 6.10 Å². The topological polar surface area (TPSA) is 66.4 Å². The Kier molecular flexibility index (Phi) is 3.64. The fraction of sp³-hybridized carbons (Fsp3) is 0.556.